The van der Waals surface area contributed by atoms with Crippen molar-refractivity contribution in [1.82, 2.24) is 9.80 Å². The average molecular weight is 277 g/mol. The van der Waals surface area contributed by atoms with Crippen LogP contribution in [0.4, 0.5) is 4.79 Å². The van der Waals surface area contributed by atoms with Gasteiger partial charge in [-0.1, -0.05) is 0 Å². The van der Waals surface area contributed by atoms with E-state index in [4.69, 9.17) is 16.3 Å². The second-order valence-electron chi connectivity index (χ2n) is 5.50. The molecule has 1 heterocycles. The highest BCUT2D eigenvalue weighted by Crippen LogP contribution is 2.15. The van der Waals surface area contributed by atoms with Crippen molar-refractivity contribution in [3.8, 4) is 0 Å². The largest absolute Gasteiger partial charge is 0.444 e. The van der Waals surface area contributed by atoms with Gasteiger partial charge < -0.3 is 14.5 Å². The number of hydrogen-bond acceptors (Lipinski definition) is 3. The van der Waals surface area contributed by atoms with Crippen molar-refractivity contribution in [2.24, 2.45) is 0 Å². The third-order valence-electron chi connectivity index (χ3n) is 2.72. The van der Waals surface area contributed by atoms with Gasteiger partial charge >= 0.3 is 6.09 Å². The molecule has 5 nitrogen and oxygen atoms in total. The van der Waals surface area contributed by atoms with Crippen molar-refractivity contribution < 1.29 is 14.3 Å². The van der Waals surface area contributed by atoms with Crippen LogP contribution in [0.5, 0.6) is 0 Å². The quantitative estimate of drug-likeness (QED) is 0.685. The summed E-state index contributed by atoms with van der Waals surface area (Å²) in [4.78, 5) is 26.8. The molecule has 2 amide bonds. The zero-order valence-electron chi connectivity index (χ0n) is 11.4. The molecule has 0 saturated carbocycles. The Morgan fingerprint density at radius 2 is 1.94 bits per heavy atom. The second kappa shape index (κ2) is 5.78. The van der Waals surface area contributed by atoms with Crippen molar-refractivity contribution in [2.75, 3.05) is 25.5 Å². The molecule has 6 heteroatoms. The minimum absolute atomic E-state index is 0.0147. The molecule has 0 aromatic carbocycles. The number of halogens is 1. The van der Waals surface area contributed by atoms with Crippen LogP contribution in [-0.4, -0.2) is 59.0 Å². The molecule has 1 saturated heterocycles. The summed E-state index contributed by atoms with van der Waals surface area (Å²) in [6, 6.07) is -0.0548. The molecule has 0 aromatic heterocycles. The Hall–Kier alpha value is -0.970. The number of piperazine rings is 1. The lowest BCUT2D eigenvalue weighted by molar-refractivity contribution is -0.131. The van der Waals surface area contributed by atoms with Crippen LogP contribution >= 0.6 is 11.6 Å². The lowest BCUT2D eigenvalue weighted by atomic mass is 10.2. The van der Waals surface area contributed by atoms with Crippen LogP contribution in [0.1, 0.15) is 27.7 Å². The molecule has 1 fully saturated rings. The van der Waals surface area contributed by atoms with Crippen molar-refractivity contribution in [1.29, 1.82) is 0 Å². The minimum atomic E-state index is -0.500. The minimum Gasteiger partial charge on any atom is -0.444 e. The van der Waals surface area contributed by atoms with Crippen LogP contribution in [0.15, 0.2) is 0 Å². The standard InChI is InChI=1S/C12H21ClN2O3/c1-9-8-14(10(16)7-13)5-6-15(9)11(17)18-12(2,3)4/h9H,5-8H2,1-4H3. The maximum absolute atomic E-state index is 11.9. The van der Waals surface area contributed by atoms with E-state index in [1.165, 1.54) is 0 Å². The molecule has 0 N–H and O–H groups in total. The molecule has 1 aliphatic heterocycles. The number of hydrogen-bond donors (Lipinski definition) is 0. The van der Waals surface area contributed by atoms with Crippen molar-refractivity contribution in [3.05, 3.63) is 0 Å². The predicted molar refractivity (Wildman–Crippen MR) is 69.7 cm³/mol. The van der Waals surface area contributed by atoms with Crippen LogP contribution in [0.3, 0.4) is 0 Å². The first kappa shape index (κ1) is 15.1. The Kier molecular flexibility index (Phi) is 4.85. The Morgan fingerprint density at radius 1 is 1.33 bits per heavy atom. The first-order valence-electron chi connectivity index (χ1n) is 6.08. The van der Waals surface area contributed by atoms with Crippen LogP contribution in [0.2, 0.25) is 0 Å². The first-order valence-corrected chi connectivity index (χ1v) is 6.61. The number of nitrogens with zero attached hydrogens (tertiary/aromatic N) is 2. The van der Waals surface area contributed by atoms with Gasteiger partial charge in [0, 0.05) is 25.7 Å². The highest BCUT2D eigenvalue weighted by Gasteiger charge is 2.32. The molecule has 1 rings (SSSR count). The average Bonchev–Trinajstić information content (AvgIpc) is 2.25. The summed E-state index contributed by atoms with van der Waals surface area (Å²) in [6.07, 6.45) is -0.326. The summed E-state index contributed by atoms with van der Waals surface area (Å²) in [5.41, 5.74) is -0.500. The summed E-state index contributed by atoms with van der Waals surface area (Å²) < 4.78 is 5.33. The van der Waals surface area contributed by atoms with Gasteiger partial charge in [0.2, 0.25) is 5.91 Å². The molecule has 0 radical (unpaired) electrons. The van der Waals surface area contributed by atoms with Crippen LogP contribution in [-0.2, 0) is 9.53 Å². The fraction of sp³-hybridized carbons (Fsp3) is 0.833. The van der Waals surface area contributed by atoms with Gasteiger partial charge in [0.05, 0.1) is 0 Å². The Bertz CT molecular complexity index is 328. The van der Waals surface area contributed by atoms with Crippen molar-refractivity contribution in [2.45, 2.75) is 39.3 Å². The molecule has 0 spiro atoms. The molecule has 104 valence electrons. The summed E-state index contributed by atoms with van der Waals surface area (Å²) in [6.45, 7) is 8.91. The van der Waals surface area contributed by atoms with Gasteiger partial charge in [-0.3, -0.25) is 4.79 Å². The van der Waals surface area contributed by atoms with E-state index >= 15 is 0 Å². The van der Waals surface area contributed by atoms with Crippen molar-refractivity contribution >= 4 is 23.6 Å². The van der Waals surface area contributed by atoms with Crippen LogP contribution in [0.25, 0.3) is 0 Å². The van der Waals surface area contributed by atoms with E-state index in [1.807, 2.05) is 27.7 Å². The van der Waals surface area contributed by atoms with Gasteiger partial charge in [0.1, 0.15) is 11.5 Å². The zero-order chi connectivity index (χ0) is 13.9. The van der Waals surface area contributed by atoms with Gasteiger partial charge in [-0.25, -0.2) is 4.79 Å². The molecular formula is C12H21ClN2O3. The van der Waals surface area contributed by atoms with Gasteiger partial charge in [0.15, 0.2) is 0 Å². The maximum atomic E-state index is 11.9. The fourth-order valence-corrected chi connectivity index (χ4v) is 2.03. The first-order chi connectivity index (χ1) is 8.24. The molecule has 0 bridgehead atoms. The summed E-state index contributed by atoms with van der Waals surface area (Å²) in [7, 11) is 0. The number of ether oxygens (including phenoxy) is 1. The molecule has 0 aliphatic carbocycles. The van der Waals surface area contributed by atoms with Crippen LogP contribution < -0.4 is 0 Å². The summed E-state index contributed by atoms with van der Waals surface area (Å²) in [5.74, 6) is -0.105. The van der Waals surface area contributed by atoms with E-state index in [-0.39, 0.29) is 23.9 Å². The van der Waals surface area contributed by atoms with E-state index in [0.717, 1.165) is 0 Å². The third kappa shape index (κ3) is 4.05. The molecule has 1 atom stereocenters. The monoisotopic (exact) mass is 276 g/mol. The topological polar surface area (TPSA) is 49.9 Å². The highest BCUT2D eigenvalue weighted by atomic mass is 35.5. The van der Waals surface area contributed by atoms with E-state index in [0.29, 0.717) is 19.6 Å². The lowest BCUT2D eigenvalue weighted by Gasteiger charge is -2.40. The normalized spacial score (nSPS) is 20.8. The Balaban J connectivity index is 2.57. The number of rotatable bonds is 1. The molecular weight excluding hydrogens is 256 g/mol. The van der Waals surface area contributed by atoms with Gasteiger partial charge in [-0.15, -0.1) is 11.6 Å². The smallest absolute Gasteiger partial charge is 0.410 e. The second-order valence-corrected chi connectivity index (χ2v) is 5.76. The molecule has 0 aromatic rings. The van der Waals surface area contributed by atoms with Crippen LogP contribution in [0, 0.1) is 0 Å². The van der Waals surface area contributed by atoms with E-state index in [2.05, 4.69) is 0 Å². The summed E-state index contributed by atoms with van der Waals surface area (Å²) >= 11 is 5.52. The molecule has 1 aliphatic rings. The molecule has 1 unspecified atom stereocenters. The van der Waals surface area contributed by atoms with Crippen molar-refractivity contribution in [3.63, 3.8) is 0 Å². The lowest BCUT2D eigenvalue weighted by Crippen LogP contribution is -2.56. The fourth-order valence-electron chi connectivity index (χ4n) is 1.86. The zero-order valence-corrected chi connectivity index (χ0v) is 12.2. The molecule has 18 heavy (non-hydrogen) atoms. The van der Waals surface area contributed by atoms with E-state index < -0.39 is 5.60 Å². The predicted octanol–water partition coefficient (Wildman–Crippen LogP) is 1.69. The third-order valence-corrected chi connectivity index (χ3v) is 2.95. The number of alkyl halides is 1. The van der Waals surface area contributed by atoms with E-state index in [9.17, 15) is 9.59 Å². The number of carbonyl (C=O) groups excluding carboxylic acids is 2. The van der Waals surface area contributed by atoms with E-state index in [1.54, 1.807) is 9.80 Å². The SMILES string of the molecule is CC1CN(C(=O)CCl)CCN1C(=O)OC(C)(C)C. The Labute approximate surface area is 113 Å². The summed E-state index contributed by atoms with van der Waals surface area (Å²) in [5, 5.41) is 0. The Morgan fingerprint density at radius 3 is 2.39 bits per heavy atom. The van der Waals surface area contributed by atoms with Gasteiger partial charge in [-0.2, -0.15) is 0 Å². The number of carbonyl (C=O) groups is 2. The number of amides is 2. The highest BCUT2D eigenvalue weighted by molar-refractivity contribution is 6.27. The van der Waals surface area contributed by atoms with Gasteiger partial charge in [-0.05, 0) is 27.7 Å². The maximum Gasteiger partial charge on any atom is 0.410 e. The van der Waals surface area contributed by atoms with Gasteiger partial charge in [0.25, 0.3) is 0 Å².